The van der Waals surface area contributed by atoms with E-state index in [0.717, 1.165) is 0 Å². The molecule has 0 fully saturated rings. The molecule has 0 unspecified atom stereocenters. The highest BCUT2D eigenvalue weighted by atomic mass is 16.3. The van der Waals surface area contributed by atoms with Crippen LogP contribution in [0.2, 0.25) is 0 Å². The highest BCUT2D eigenvalue weighted by Gasteiger charge is 1.86. The summed E-state index contributed by atoms with van der Waals surface area (Å²) < 4.78 is 0. The molecule has 0 saturated carbocycles. The second-order valence-electron chi connectivity index (χ2n) is 1.49. The lowest BCUT2D eigenvalue weighted by Gasteiger charge is -1.96. The van der Waals surface area contributed by atoms with Crippen LogP contribution < -0.4 is 5.73 Å². The van der Waals surface area contributed by atoms with Gasteiger partial charge >= 0.3 is 0 Å². The van der Waals surface area contributed by atoms with Crippen LogP contribution in [0.5, 0.6) is 0 Å². The molecule has 0 aliphatic heterocycles. The van der Waals surface area contributed by atoms with Gasteiger partial charge in [0, 0.05) is 12.6 Å². The number of aliphatic hydroxyl groups excluding tert-OH is 1. The lowest BCUT2D eigenvalue weighted by molar-refractivity contribution is 0.279. The third-order valence-corrected chi connectivity index (χ3v) is 0.584. The van der Waals surface area contributed by atoms with E-state index in [1.54, 1.807) is 0 Å². The van der Waals surface area contributed by atoms with Crippen LogP contribution in [-0.2, 0) is 0 Å². The highest BCUT2D eigenvalue weighted by Crippen LogP contribution is 1.79. The summed E-state index contributed by atoms with van der Waals surface area (Å²) in [6.45, 7) is 2.08. The molecule has 0 rings (SSSR count). The molecule has 0 aromatic heterocycles. The topological polar surface area (TPSA) is 46.2 Å². The van der Waals surface area contributed by atoms with Gasteiger partial charge in [0.15, 0.2) is 0 Å². The molecule has 0 aliphatic rings. The Morgan fingerprint density at radius 3 is 2.33 bits per heavy atom. The lowest BCUT2D eigenvalue weighted by Crippen LogP contribution is -2.15. The van der Waals surface area contributed by atoms with Gasteiger partial charge in [-0.1, -0.05) is 0 Å². The molecule has 0 radical (unpaired) electrons. The first-order valence-corrected chi connectivity index (χ1v) is 2.14. The van der Waals surface area contributed by atoms with Gasteiger partial charge in [-0.2, -0.15) is 0 Å². The van der Waals surface area contributed by atoms with Crippen molar-refractivity contribution in [3.8, 4) is 0 Å². The van der Waals surface area contributed by atoms with E-state index in [-0.39, 0.29) is 12.6 Å². The van der Waals surface area contributed by atoms with Crippen LogP contribution in [0.4, 0.5) is 0 Å². The van der Waals surface area contributed by atoms with Crippen LogP contribution in [0.3, 0.4) is 0 Å². The van der Waals surface area contributed by atoms with E-state index in [1.165, 1.54) is 0 Å². The normalized spacial score (nSPS) is 14.5. The van der Waals surface area contributed by atoms with E-state index >= 15 is 0 Å². The summed E-state index contributed by atoms with van der Waals surface area (Å²) in [5.41, 5.74) is 5.24. The van der Waals surface area contributed by atoms with Crippen molar-refractivity contribution in [2.45, 2.75) is 19.4 Å². The summed E-state index contributed by atoms with van der Waals surface area (Å²) in [7, 11) is 0. The van der Waals surface area contributed by atoms with E-state index in [1.807, 2.05) is 6.92 Å². The number of hydrogen-bond donors (Lipinski definition) is 2. The van der Waals surface area contributed by atoms with Crippen molar-refractivity contribution < 1.29 is 5.11 Å². The van der Waals surface area contributed by atoms with E-state index in [9.17, 15) is 0 Å². The van der Waals surface area contributed by atoms with Gasteiger partial charge in [-0.3, -0.25) is 0 Å². The van der Waals surface area contributed by atoms with Crippen LogP contribution in [0.1, 0.15) is 13.3 Å². The molecule has 3 N–H and O–H groups in total. The fourth-order valence-corrected chi connectivity index (χ4v) is 0.204. The van der Waals surface area contributed by atoms with Crippen molar-refractivity contribution >= 4 is 0 Å². The average molecular weight is 89.1 g/mol. The van der Waals surface area contributed by atoms with Gasteiger partial charge in [0.2, 0.25) is 0 Å². The monoisotopic (exact) mass is 89.1 g/mol. The molecular weight excluding hydrogens is 78.0 g/mol. The van der Waals surface area contributed by atoms with Crippen LogP contribution in [-0.4, -0.2) is 17.8 Å². The summed E-state index contributed by atoms with van der Waals surface area (Å²) in [4.78, 5) is 0. The third-order valence-electron chi connectivity index (χ3n) is 0.584. The minimum Gasteiger partial charge on any atom is -0.396 e. The minimum atomic E-state index is 0.148. The van der Waals surface area contributed by atoms with Gasteiger partial charge in [0.05, 0.1) is 0 Å². The van der Waals surface area contributed by atoms with Crippen LogP contribution in [0.15, 0.2) is 0 Å². The summed E-state index contributed by atoms with van der Waals surface area (Å²) in [6.07, 6.45) is 0.708. The number of hydrogen-bond acceptors (Lipinski definition) is 2. The van der Waals surface area contributed by atoms with Gasteiger partial charge in [0.25, 0.3) is 0 Å². The van der Waals surface area contributed by atoms with Crippen molar-refractivity contribution in [2.24, 2.45) is 5.73 Å². The summed E-state index contributed by atoms with van der Waals surface area (Å²) >= 11 is 0. The predicted octanol–water partition coefficient (Wildman–Crippen LogP) is -0.284. The standard InChI is InChI=1S/C4H11NO/c1-4(5)2-3-6/h4,6H,2-3,5H2,1H3/t4-/m0/s1. The zero-order valence-electron chi connectivity index (χ0n) is 4.02. The van der Waals surface area contributed by atoms with E-state index in [2.05, 4.69) is 0 Å². The second-order valence-corrected chi connectivity index (χ2v) is 1.49. The molecular formula is C4H11NO. The average Bonchev–Trinajstić information content (AvgIpc) is 1.35. The second kappa shape index (κ2) is 3.12. The summed E-state index contributed by atoms with van der Waals surface area (Å²) in [5.74, 6) is 0. The van der Waals surface area contributed by atoms with E-state index in [0.29, 0.717) is 6.42 Å². The van der Waals surface area contributed by atoms with Gasteiger partial charge in [-0.15, -0.1) is 0 Å². The SMILES string of the molecule is C[C@H](N)CCO. The maximum atomic E-state index is 8.16. The van der Waals surface area contributed by atoms with Gasteiger partial charge in [-0.05, 0) is 13.3 Å². The van der Waals surface area contributed by atoms with Crippen molar-refractivity contribution in [1.82, 2.24) is 0 Å². The number of nitrogens with two attached hydrogens (primary N) is 1. The molecule has 38 valence electrons. The van der Waals surface area contributed by atoms with Gasteiger partial charge < -0.3 is 10.8 Å². The smallest absolute Gasteiger partial charge is 0.0445 e. The first-order valence-electron chi connectivity index (χ1n) is 2.14. The van der Waals surface area contributed by atoms with Gasteiger partial charge in [-0.25, -0.2) is 0 Å². The molecule has 2 heteroatoms. The molecule has 6 heavy (non-hydrogen) atoms. The maximum absolute atomic E-state index is 8.16. The molecule has 0 heterocycles. The van der Waals surface area contributed by atoms with Crippen LogP contribution in [0.25, 0.3) is 0 Å². The Kier molecular flexibility index (Phi) is 3.08. The first-order chi connectivity index (χ1) is 2.77. The fourth-order valence-electron chi connectivity index (χ4n) is 0.204. The molecule has 0 aromatic carbocycles. The van der Waals surface area contributed by atoms with E-state index < -0.39 is 0 Å². The Morgan fingerprint density at radius 2 is 2.33 bits per heavy atom. The summed E-state index contributed by atoms with van der Waals surface area (Å²) in [6, 6.07) is 0.148. The molecule has 0 amide bonds. The molecule has 0 aromatic rings. The lowest BCUT2D eigenvalue weighted by atomic mass is 10.3. The molecule has 0 bridgehead atoms. The summed E-state index contributed by atoms with van der Waals surface area (Å²) in [5, 5.41) is 8.16. The Labute approximate surface area is 38.0 Å². The molecule has 0 spiro atoms. The van der Waals surface area contributed by atoms with Crippen molar-refractivity contribution in [1.29, 1.82) is 0 Å². The zero-order chi connectivity index (χ0) is 4.99. The van der Waals surface area contributed by atoms with E-state index in [4.69, 9.17) is 10.8 Å². The van der Waals surface area contributed by atoms with Crippen LogP contribution >= 0.6 is 0 Å². The predicted molar refractivity (Wildman–Crippen MR) is 25.4 cm³/mol. The molecule has 2 nitrogen and oxygen atoms in total. The Hall–Kier alpha value is -0.0800. The Bertz CT molecular complexity index is 28.7. The number of aliphatic hydroxyl groups is 1. The number of rotatable bonds is 2. The quantitative estimate of drug-likeness (QED) is 0.488. The Balaban J connectivity index is 2.63. The first kappa shape index (κ1) is 5.92. The molecule has 0 aliphatic carbocycles. The fraction of sp³-hybridized carbons (Fsp3) is 1.00. The Morgan fingerprint density at radius 1 is 1.83 bits per heavy atom. The van der Waals surface area contributed by atoms with Gasteiger partial charge in [0.1, 0.15) is 0 Å². The molecule has 0 saturated heterocycles. The molecule has 1 atom stereocenters. The zero-order valence-corrected chi connectivity index (χ0v) is 4.02. The maximum Gasteiger partial charge on any atom is 0.0445 e. The van der Waals surface area contributed by atoms with Crippen molar-refractivity contribution in [3.05, 3.63) is 0 Å². The van der Waals surface area contributed by atoms with Crippen molar-refractivity contribution in [3.63, 3.8) is 0 Å². The minimum absolute atomic E-state index is 0.148. The highest BCUT2D eigenvalue weighted by molar-refractivity contribution is 4.48. The third kappa shape index (κ3) is 3.92. The van der Waals surface area contributed by atoms with Crippen molar-refractivity contribution in [2.75, 3.05) is 6.61 Å². The van der Waals surface area contributed by atoms with Crippen LogP contribution in [0, 0.1) is 0 Å². The largest absolute Gasteiger partial charge is 0.396 e.